The Hall–Kier alpha value is -0.620. The molecule has 94 valence electrons. The summed E-state index contributed by atoms with van der Waals surface area (Å²) in [6.45, 7) is 3.53. The average molecular weight is 249 g/mol. The third-order valence-corrected chi connectivity index (χ3v) is 4.92. The summed E-state index contributed by atoms with van der Waals surface area (Å²) in [6, 6.07) is -0.149. The first-order chi connectivity index (χ1) is 7.38. The van der Waals surface area contributed by atoms with Crippen LogP contribution in [0, 0.1) is 5.92 Å². The van der Waals surface area contributed by atoms with Gasteiger partial charge in [0, 0.05) is 6.04 Å². The fourth-order valence-electron chi connectivity index (χ4n) is 2.13. The number of carbonyl (C=O) groups is 1. The molecule has 0 saturated heterocycles. The topological polar surface area (TPSA) is 72.5 Å². The first kappa shape index (κ1) is 13.4. The number of sulfonamides is 1. The van der Waals surface area contributed by atoms with Crippen LogP contribution < -0.4 is 4.72 Å². The van der Waals surface area contributed by atoms with E-state index >= 15 is 0 Å². The van der Waals surface area contributed by atoms with E-state index in [1.54, 1.807) is 13.8 Å². The Kier molecular flexibility index (Phi) is 4.32. The van der Waals surface area contributed by atoms with Crippen molar-refractivity contribution in [2.24, 2.45) is 5.92 Å². The molecule has 2 unspecified atom stereocenters. The van der Waals surface area contributed by atoms with Crippen molar-refractivity contribution >= 4 is 16.0 Å². The fourth-order valence-corrected chi connectivity index (χ4v) is 4.12. The van der Waals surface area contributed by atoms with E-state index in [2.05, 4.69) is 9.46 Å². The molecule has 6 heteroatoms. The molecule has 1 saturated carbocycles. The first-order valence-corrected chi connectivity index (χ1v) is 7.02. The highest BCUT2D eigenvalue weighted by molar-refractivity contribution is 7.90. The number of nitrogens with one attached hydrogen (secondary N) is 1. The molecular formula is C10H19NO4S. The molecule has 0 aromatic carbocycles. The van der Waals surface area contributed by atoms with Crippen molar-refractivity contribution in [2.45, 2.75) is 44.4 Å². The van der Waals surface area contributed by atoms with Gasteiger partial charge in [-0.1, -0.05) is 6.42 Å². The summed E-state index contributed by atoms with van der Waals surface area (Å²) in [4.78, 5) is 11.4. The lowest BCUT2D eigenvalue weighted by Crippen LogP contribution is -2.42. The van der Waals surface area contributed by atoms with Gasteiger partial charge < -0.3 is 4.74 Å². The summed E-state index contributed by atoms with van der Waals surface area (Å²) in [5.41, 5.74) is 0. The van der Waals surface area contributed by atoms with Gasteiger partial charge in [-0.3, -0.25) is 4.79 Å². The summed E-state index contributed by atoms with van der Waals surface area (Å²) >= 11 is 0. The maximum atomic E-state index is 12.0. The van der Waals surface area contributed by atoms with Gasteiger partial charge in [-0.2, -0.15) is 0 Å². The van der Waals surface area contributed by atoms with Gasteiger partial charge >= 0.3 is 5.97 Å². The normalized spacial score (nSPS) is 26.0. The molecule has 0 bridgehead atoms. The van der Waals surface area contributed by atoms with Crippen LogP contribution in [0.3, 0.4) is 0 Å². The van der Waals surface area contributed by atoms with Crippen molar-refractivity contribution in [3.63, 3.8) is 0 Å². The van der Waals surface area contributed by atoms with Crippen LogP contribution in [0.15, 0.2) is 0 Å². The van der Waals surface area contributed by atoms with Crippen molar-refractivity contribution in [2.75, 3.05) is 7.11 Å². The predicted octanol–water partition coefficient (Wildman–Crippen LogP) is 0.656. The molecule has 0 aromatic heterocycles. The molecule has 1 rings (SSSR count). The smallest absolute Gasteiger partial charge is 0.310 e. The molecule has 16 heavy (non-hydrogen) atoms. The first-order valence-electron chi connectivity index (χ1n) is 5.47. The minimum atomic E-state index is -3.41. The van der Waals surface area contributed by atoms with E-state index in [1.807, 2.05) is 0 Å². The van der Waals surface area contributed by atoms with Gasteiger partial charge in [0.05, 0.1) is 18.3 Å². The van der Waals surface area contributed by atoms with Crippen LogP contribution in [0.5, 0.6) is 0 Å². The highest BCUT2D eigenvalue weighted by Gasteiger charge is 2.42. The highest BCUT2D eigenvalue weighted by Crippen LogP contribution is 2.31. The van der Waals surface area contributed by atoms with Gasteiger partial charge in [-0.05, 0) is 26.7 Å². The second kappa shape index (κ2) is 5.14. The molecule has 1 fully saturated rings. The largest absolute Gasteiger partial charge is 0.469 e. The Balaban J connectivity index is 2.82. The van der Waals surface area contributed by atoms with Crippen molar-refractivity contribution < 1.29 is 17.9 Å². The number of methoxy groups -OCH3 is 1. The molecule has 2 atom stereocenters. The Morgan fingerprint density at radius 1 is 1.38 bits per heavy atom. The molecule has 1 aliphatic rings. The van der Waals surface area contributed by atoms with Crippen LogP contribution >= 0.6 is 0 Å². The standard InChI is InChI=1S/C10H19NO4S/c1-7(2)11-16(13,14)9-6-4-5-8(9)10(12)15-3/h7-9,11H,4-6H2,1-3H3. The highest BCUT2D eigenvalue weighted by atomic mass is 32.2. The SMILES string of the molecule is COC(=O)C1CCCC1S(=O)(=O)NC(C)C. The number of hydrogen-bond acceptors (Lipinski definition) is 4. The summed E-state index contributed by atoms with van der Waals surface area (Å²) in [7, 11) is -2.12. The Labute approximate surface area is 96.6 Å². The van der Waals surface area contributed by atoms with Gasteiger partial charge in [0.25, 0.3) is 0 Å². The van der Waals surface area contributed by atoms with E-state index in [0.29, 0.717) is 12.8 Å². The molecule has 1 N–H and O–H groups in total. The van der Waals surface area contributed by atoms with Crippen LogP contribution in [0.1, 0.15) is 33.1 Å². The monoisotopic (exact) mass is 249 g/mol. The molecule has 0 heterocycles. The van der Waals surface area contributed by atoms with E-state index in [0.717, 1.165) is 6.42 Å². The lowest BCUT2D eigenvalue weighted by atomic mass is 10.1. The quantitative estimate of drug-likeness (QED) is 0.743. The maximum absolute atomic E-state index is 12.0. The number of carbonyl (C=O) groups excluding carboxylic acids is 1. The van der Waals surface area contributed by atoms with Gasteiger partial charge in [0.1, 0.15) is 0 Å². The Morgan fingerprint density at radius 3 is 2.50 bits per heavy atom. The minimum absolute atomic E-state index is 0.149. The Morgan fingerprint density at radius 2 is 2.00 bits per heavy atom. The van der Waals surface area contributed by atoms with Crippen LogP contribution in [-0.4, -0.2) is 32.8 Å². The second-order valence-corrected chi connectivity index (χ2v) is 6.35. The molecule has 0 radical (unpaired) electrons. The van der Waals surface area contributed by atoms with E-state index in [4.69, 9.17) is 0 Å². The lowest BCUT2D eigenvalue weighted by Gasteiger charge is -2.19. The molecule has 0 amide bonds. The van der Waals surface area contributed by atoms with Crippen LogP contribution in [0.4, 0.5) is 0 Å². The molecular weight excluding hydrogens is 230 g/mol. The molecule has 0 spiro atoms. The molecule has 0 aromatic rings. The summed E-state index contributed by atoms with van der Waals surface area (Å²) in [5.74, 6) is -0.933. The third-order valence-electron chi connectivity index (χ3n) is 2.76. The summed E-state index contributed by atoms with van der Waals surface area (Å²) < 4.78 is 31.1. The summed E-state index contributed by atoms with van der Waals surface area (Å²) in [6.07, 6.45) is 1.88. The second-order valence-electron chi connectivity index (χ2n) is 4.42. The van der Waals surface area contributed by atoms with Gasteiger partial charge in [-0.25, -0.2) is 13.1 Å². The van der Waals surface area contributed by atoms with Gasteiger partial charge in [-0.15, -0.1) is 0 Å². The van der Waals surface area contributed by atoms with Crippen molar-refractivity contribution in [1.82, 2.24) is 4.72 Å². The zero-order valence-electron chi connectivity index (χ0n) is 9.89. The van der Waals surface area contributed by atoms with E-state index in [-0.39, 0.29) is 6.04 Å². The average Bonchev–Trinajstić information content (AvgIpc) is 2.63. The number of rotatable bonds is 4. The Bertz CT molecular complexity index is 350. The van der Waals surface area contributed by atoms with Gasteiger partial charge in [0.15, 0.2) is 0 Å². The zero-order valence-corrected chi connectivity index (χ0v) is 10.7. The molecule has 1 aliphatic carbocycles. The van der Waals surface area contributed by atoms with Crippen LogP contribution in [0.25, 0.3) is 0 Å². The summed E-state index contributed by atoms with van der Waals surface area (Å²) in [5, 5.41) is -0.637. The number of esters is 1. The van der Waals surface area contributed by atoms with Crippen LogP contribution in [0.2, 0.25) is 0 Å². The lowest BCUT2D eigenvalue weighted by molar-refractivity contribution is -0.145. The molecule has 0 aliphatic heterocycles. The van der Waals surface area contributed by atoms with Crippen molar-refractivity contribution in [1.29, 1.82) is 0 Å². The minimum Gasteiger partial charge on any atom is -0.469 e. The number of ether oxygens (including phenoxy) is 1. The molecule has 5 nitrogen and oxygen atoms in total. The zero-order chi connectivity index (χ0) is 12.3. The predicted molar refractivity (Wildman–Crippen MR) is 60.3 cm³/mol. The van der Waals surface area contributed by atoms with E-state index < -0.39 is 27.2 Å². The van der Waals surface area contributed by atoms with E-state index in [1.165, 1.54) is 7.11 Å². The fraction of sp³-hybridized carbons (Fsp3) is 0.900. The maximum Gasteiger partial charge on any atom is 0.310 e. The number of hydrogen-bond donors (Lipinski definition) is 1. The third kappa shape index (κ3) is 2.95. The van der Waals surface area contributed by atoms with Gasteiger partial charge in [0.2, 0.25) is 10.0 Å². The van der Waals surface area contributed by atoms with E-state index in [9.17, 15) is 13.2 Å². The van der Waals surface area contributed by atoms with Crippen LogP contribution in [-0.2, 0) is 19.6 Å². The van der Waals surface area contributed by atoms with Crippen molar-refractivity contribution in [3.05, 3.63) is 0 Å². The van der Waals surface area contributed by atoms with Crippen molar-refractivity contribution in [3.8, 4) is 0 Å².